The molecule has 1 aromatic rings. The number of nitrogens with zero attached hydrogens (tertiary/aromatic N) is 2. The van der Waals surface area contributed by atoms with Crippen LogP contribution in [0.2, 0.25) is 0 Å². The van der Waals surface area contributed by atoms with E-state index in [9.17, 15) is 4.79 Å². The smallest absolute Gasteiger partial charge is 0.271 e. The lowest BCUT2D eigenvalue weighted by atomic mass is 10.4. The minimum absolute atomic E-state index is 0.225. The van der Waals surface area contributed by atoms with E-state index in [4.69, 9.17) is 10.8 Å². The zero-order chi connectivity index (χ0) is 11.3. The highest BCUT2D eigenvalue weighted by molar-refractivity contribution is 5.91. The fraction of sp³-hybridized carbons (Fsp3) is 0.556. The van der Waals surface area contributed by atoms with E-state index in [2.05, 4.69) is 10.3 Å². The lowest BCUT2D eigenvalue weighted by Gasteiger charge is -2.04. The number of aromatic nitrogens is 2. The van der Waals surface area contributed by atoms with Crippen molar-refractivity contribution in [3.8, 4) is 0 Å². The van der Waals surface area contributed by atoms with Crippen LogP contribution in [0.1, 0.15) is 17.4 Å². The first-order valence-corrected chi connectivity index (χ1v) is 4.81. The number of hydrogen-bond donors (Lipinski definition) is 3. The van der Waals surface area contributed by atoms with Crippen LogP contribution >= 0.6 is 0 Å². The van der Waals surface area contributed by atoms with Crippen LogP contribution in [0.3, 0.4) is 0 Å². The molecule has 1 atom stereocenters. The third-order valence-corrected chi connectivity index (χ3v) is 1.81. The summed E-state index contributed by atoms with van der Waals surface area (Å²) in [7, 11) is 0. The molecular weight excluding hydrogens is 196 g/mol. The number of nitrogens with two attached hydrogens (primary N) is 1. The molecule has 4 N–H and O–H groups in total. The molecule has 0 fully saturated rings. The number of hydrogen-bond acceptors (Lipinski definition) is 4. The molecule has 1 amide bonds. The molecule has 15 heavy (non-hydrogen) atoms. The summed E-state index contributed by atoms with van der Waals surface area (Å²) in [6.07, 6.45) is 2.63. The second-order valence-electron chi connectivity index (χ2n) is 3.34. The van der Waals surface area contributed by atoms with Crippen LogP contribution in [0.15, 0.2) is 12.5 Å². The molecule has 1 rings (SSSR count). The first-order chi connectivity index (χ1) is 7.13. The fourth-order valence-electron chi connectivity index (χ4n) is 1.08. The van der Waals surface area contributed by atoms with Crippen molar-refractivity contribution in [2.45, 2.75) is 19.6 Å². The summed E-state index contributed by atoms with van der Waals surface area (Å²) in [6.45, 7) is 2.97. The van der Waals surface area contributed by atoms with Crippen LogP contribution in [0, 0.1) is 0 Å². The van der Waals surface area contributed by atoms with Crippen molar-refractivity contribution in [3.63, 3.8) is 0 Å². The van der Waals surface area contributed by atoms with Crippen LogP contribution in [0.4, 0.5) is 0 Å². The van der Waals surface area contributed by atoms with E-state index in [1.807, 2.05) is 0 Å². The lowest BCUT2D eigenvalue weighted by Crippen LogP contribution is -2.30. The molecule has 84 valence electrons. The molecular formula is C9H16N4O2. The number of rotatable bonds is 5. The van der Waals surface area contributed by atoms with Crippen LogP contribution < -0.4 is 11.1 Å². The summed E-state index contributed by atoms with van der Waals surface area (Å²) >= 11 is 0. The van der Waals surface area contributed by atoms with Crippen molar-refractivity contribution < 1.29 is 9.90 Å². The Morgan fingerprint density at radius 2 is 2.53 bits per heavy atom. The monoisotopic (exact) mass is 212 g/mol. The van der Waals surface area contributed by atoms with Crippen LogP contribution in [0.5, 0.6) is 0 Å². The highest BCUT2D eigenvalue weighted by Gasteiger charge is 2.09. The summed E-state index contributed by atoms with van der Waals surface area (Å²) in [5.74, 6) is -0.285. The Kier molecular flexibility index (Phi) is 4.26. The van der Waals surface area contributed by atoms with Gasteiger partial charge in [0.05, 0.1) is 12.4 Å². The van der Waals surface area contributed by atoms with E-state index < -0.39 is 6.10 Å². The SMILES string of the molecule is CC(O)CNC(=O)c1cn(CCN)cn1. The van der Waals surface area contributed by atoms with Crippen LogP contribution in [0.25, 0.3) is 0 Å². The van der Waals surface area contributed by atoms with Gasteiger partial charge in [-0.3, -0.25) is 4.79 Å². The van der Waals surface area contributed by atoms with Crippen molar-refractivity contribution >= 4 is 5.91 Å². The Morgan fingerprint density at radius 3 is 3.13 bits per heavy atom. The second-order valence-corrected chi connectivity index (χ2v) is 3.34. The molecule has 1 unspecified atom stereocenters. The van der Waals surface area contributed by atoms with Gasteiger partial charge in [0.1, 0.15) is 5.69 Å². The zero-order valence-electron chi connectivity index (χ0n) is 8.68. The largest absolute Gasteiger partial charge is 0.392 e. The van der Waals surface area contributed by atoms with Gasteiger partial charge in [-0.05, 0) is 6.92 Å². The molecule has 0 saturated carbocycles. The minimum Gasteiger partial charge on any atom is -0.392 e. The number of aliphatic hydroxyl groups excluding tert-OH is 1. The Balaban J connectivity index is 2.50. The van der Waals surface area contributed by atoms with Gasteiger partial charge in [0, 0.05) is 25.8 Å². The van der Waals surface area contributed by atoms with Crippen LogP contribution in [-0.2, 0) is 6.54 Å². The van der Waals surface area contributed by atoms with E-state index in [1.165, 1.54) is 0 Å². The summed E-state index contributed by atoms with van der Waals surface area (Å²) in [6, 6.07) is 0. The van der Waals surface area contributed by atoms with E-state index in [1.54, 1.807) is 24.0 Å². The Hall–Kier alpha value is -1.40. The van der Waals surface area contributed by atoms with Crippen molar-refractivity contribution in [1.82, 2.24) is 14.9 Å². The van der Waals surface area contributed by atoms with Gasteiger partial charge >= 0.3 is 0 Å². The van der Waals surface area contributed by atoms with Crippen molar-refractivity contribution in [2.24, 2.45) is 5.73 Å². The average molecular weight is 212 g/mol. The molecule has 0 aliphatic rings. The van der Waals surface area contributed by atoms with Gasteiger partial charge in [0.2, 0.25) is 0 Å². The van der Waals surface area contributed by atoms with Crippen LogP contribution in [-0.4, -0.2) is 39.8 Å². The number of nitrogens with one attached hydrogen (secondary N) is 1. The Morgan fingerprint density at radius 1 is 1.80 bits per heavy atom. The van der Waals surface area contributed by atoms with Gasteiger partial charge in [-0.15, -0.1) is 0 Å². The molecule has 0 saturated heterocycles. The molecule has 6 heteroatoms. The lowest BCUT2D eigenvalue weighted by molar-refractivity contribution is 0.0919. The van der Waals surface area contributed by atoms with Gasteiger partial charge in [0.15, 0.2) is 0 Å². The third kappa shape index (κ3) is 3.69. The molecule has 0 aliphatic heterocycles. The number of carbonyl (C=O) groups excluding carboxylic acids is 1. The maximum atomic E-state index is 11.4. The first kappa shape index (κ1) is 11.7. The van der Waals surface area contributed by atoms with E-state index in [0.717, 1.165) is 0 Å². The van der Waals surface area contributed by atoms with E-state index in [-0.39, 0.29) is 12.5 Å². The molecule has 0 aliphatic carbocycles. The zero-order valence-corrected chi connectivity index (χ0v) is 8.68. The standard InChI is InChI=1S/C9H16N4O2/c1-7(14)4-11-9(15)8-5-13(3-2-10)6-12-8/h5-7,14H,2-4,10H2,1H3,(H,11,15). The van der Waals surface area contributed by atoms with Crippen molar-refractivity contribution in [1.29, 1.82) is 0 Å². The van der Waals surface area contributed by atoms with Gasteiger partial charge in [-0.25, -0.2) is 4.98 Å². The highest BCUT2D eigenvalue weighted by Crippen LogP contribution is 1.95. The molecule has 1 aromatic heterocycles. The van der Waals surface area contributed by atoms with Crippen molar-refractivity contribution in [2.75, 3.05) is 13.1 Å². The summed E-state index contributed by atoms with van der Waals surface area (Å²) < 4.78 is 1.75. The van der Waals surface area contributed by atoms with E-state index >= 15 is 0 Å². The topological polar surface area (TPSA) is 93.2 Å². The quantitative estimate of drug-likeness (QED) is 0.580. The molecule has 6 nitrogen and oxygen atoms in total. The summed E-state index contributed by atoms with van der Waals surface area (Å²) in [4.78, 5) is 15.4. The summed E-state index contributed by atoms with van der Waals surface area (Å²) in [5.41, 5.74) is 5.70. The minimum atomic E-state index is -0.555. The molecule has 0 bridgehead atoms. The molecule has 1 heterocycles. The Labute approximate surface area is 88.1 Å². The molecule has 0 aromatic carbocycles. The number of carbonyl (C=O) groups is 1. The Bertz CT molecular complexity index is 322. The predicted molar refractivity (Wildman–Crippen MR) is 55.3 cm³/mol. The summed E-state index contributed by atoms with van der Waals surface area (Å²) in [5, 5.41) is 11.5. The average Bonchev–Trinajstić information content (AvgIpc) is 2.63. The molecule has 0 spiro atoms. The van der Waals surface area contributed by atoms with Gasteiger partial charge < -0.3 is 20.7 Å². The van der Waals surface area contributed by atoms with E-state index in [0.29, 0.717) is 18.8 Å². The number of amides is 1. The number of aliphatic hydroxyl groups is 1. The van der Waals surface area contributed by atoms with Gasteiger partial charge in [-0.2, -0.15) is 0 Å². The number of imidazole rings is 1. The normalized spacial score (nSPS) is 12.5. The van der Waals surface area contributed by atoms with Gasteiger partial charge in [-0.1, -0.05) is 0 Å². The second kappa shape index (κ2) is 5.47. The maximum Gasteiger partial charge on any atom is 0.271 e. The highest BCUT2D eigenvalue weighted by atomic mass is 16.3. The maximum absolute atomic E-state index is 11.4. The van der Waals surface area contributed by atoms with Crippen molar-refractivity contribution in [3.05, 3.63) is 18.2 Å². The fourth-order valence-corrected chi connectivity index (χ4v) is 1.08. The third-order valence-electron chi connectivity index (χ3n) is 1.81. The first-order valence-electron chi connectivity index (χ1n) is 4.81. The van der Waals surface area contributed by atoms with Gasteiger partial charge in [0.25, 0.3) is 5.91 Å². The molecule has 0 radical (unpaired) electrons. The predicted octanol–water partition coefficient (Wildman–Crippen LogP) is -1.05.